The van der Waals surface area contributed by atoms with Crippen LogP contribution < -0.4 is 5.32 Å². The van der Waals surface area contributed by atoms with Crippen molar-refractivity contribution in [1.82, 2.24) is 10.3 Å². The first-order valence-electron chi connectivity index (χ1n) is 5.32. The van der Waals surface area contributed by atoms with Crippen LogP contribution in [0.2, 0.25) is 0 Å². The van der Waals surface area contributed by atoms with Gasteiger partial charge in [0.25, 0.3) is 5.91 Å². The largest absolute Gasteiger partial charge is 0.505 e. The summed E-state index contributed by atoms with van der Waals surface area (Å²) in [5, 5.41) is 21.0. The number of carboxylic acids is 1. The minimum atomic E-state index is -1.42. The van der Waals surface area contributed by atoms with Gasteiger partial charge < -0.3 is 20.3 Å². The van der Waals surface area contributed by atoms with E-state index in [9.17, 15) is 14.7 Å². The van der Waals surface area contributed by atoms with Gasteiger partial charge in [0.15, 0.2) is 5.54 Å². The zero-order valence-electron chi connectivity index (χ0n) is 9.42. The molecule has 2 heterocycles. The molecule has 7 heteroatoms. The molecule has 0 saturated carbocycles. The second-order valence-electron chi connectivity index (χ2n) is 4.04. The van der Waals surface area contributed by atoms with E-state index in [2.05, 4.69) is 10.3 Å². The fraction of sp³-hybridized carbons (Fsp3) is 0.364. The molecular weight excluding hydrogens is 240 g/mol. The number of carboxylic acid groups (broad SMARTS) is 1. The van der Waals surface area contributed by atoms with Gasteiger partial charge in [-0.25, -0.2) is 4.79 Å². The average molecular weight is 252 g/mol. The average Bonchev–Trinajstić information content (AvgIpc) is 2.79. The summed E-state index contributed by atoms with van der Waals surface area (Å²) in [5.41, 5.74) is -1.44. The van der Waals surface area contributed by atoms with Crippen LogP contribution in [0.1, 0.15) is 16.8 Å². The van der Waals surface area contributed by atoms with Gasteiger partial charge in [0, 0.05) is 19.2 Å². The third-order valence-electron chi connectivity index (χ3n) is 2.83. The van der Waals surface area contributed by atoms with E-state index in [0.717, 1.165) is 6.20 Å². The maximum atomic E-state index is 11.9. The zero-order chi connectivity index (χ0) is 13.2. The van der Waals surface area contributed by atoms with Gasteiger partial charge in [-0.2, -0.15) is 0 Å². The molecule has 7 nitrogen and oxygen atoms in total. The molecule has 1 aromatic rings. The zero-order valence-corrected chi connectivity index (χ0v) is 9.42. The van der Waals surface area contributed by atoms with Crippen LogP contribution in [0.3, 0.4) is 0 Å². The number of carbonyl (C=O) groups excluding carboxylic acids is 1. The van der Waals surface area contributed by atoms with E-state index in [1.54, 1.807) is 0 Å². The Balaban J connectivity index is 2.21. The Hall–Kier alpha value is -2.15. The minimum Gasteiger partial charge on any atom is -0.505 e. The van der Waals surface area contributed by atoms with Crippen LogP contribution in [0.25, 0.3) is 0 Å². The van der Waals surface area contributed by atoms with Crippen molar-refractivity contribution >= 4 is 11.9 Å². The topological polar surface area (TPSA) is 109 Å². The molecule has 1 unspecified atom stereocenters. The summed E-state index contributed by atoms with van der Waals surface area (Å²) in [5.74, 6) is -2.11. The van der Waals surface area contributed by atoms with Gasteiger partial charge in [-0.1, -0.05) is 0 Å². The second-order valence-corrected chi connectivity index (χ2v) is 4.04. The Bertz CT molecular complexity index is 482. The maximum Gasteiger partial charge on any atom is 0.331 e. The van der Waals surface area contributed by atoms with Crippen LogP contribution in [0.5, 0.6) is 5.75 Å². The number of aliphatic carboxylic acids is 1. The Morgan fingerprint density at radius 2 is 2.28 bits per heavy atom. The highest BCUT2D eigenvalue weighted by atomic mass is 16.5. The van der Waals surface area contributed by atoms with Crippen molar-refractivity contribution in [2.75, 3.05) is 13.2 Å². The van der Waals surface area contributed by atoms with E-state index in [1.807, 2.05) is 0 Å². The van der Waals surface area contributed by atoms with Crippen LogP contribution in [0, 0.1) is 0 Å². The Labute approximate surface area is 102 Å². The molecule has 1 aromatic heterocycles. The lowest BCUT2D eigenvalue weighted by Gasteiger charge is -2.23. The Kier molecular flexibility index (Phi) is 3.15. The molecule has 1 saturated heterocycles. The van der Waals surface area contributed by atoms with Crippen LogP contribution in [-0.2, 0) is 9.53 Å². The molecule has 0 bridgehead atoms. The molecule has 1 aliphatic rings. The van der Waals surface area contributed by atoms with Crippen LogP contribution >= 0.6 is 0 Å². The molecule has 18 heavy (non-hydrogen) atoms. The first-order valence-corrected chi connectivity index (χ1v) is 5.32. The van der Waals surface area contributed by atoms with E-state index >= 15 is 0 Å². The summed E-state index contributed by atoms with van der Waals surface area (Å²) in [7, 11) is 0. The first kappa shape index (κ1) is 12.3. The van der Waals surface area contributed by atoms with Crippen molar-refractivity contribution in [3.63, 3.8) is 0 Å². The van der Waals surface area contributed by atoms with Crippen LogP contribution in [0.4, 0.5) is 0 Å². The predicted molar refractivity (Wildman–Crippen MR) is 59.2 cm³/mol. The summed E-state index contributed by atoms with van der Waals surface area (Å²) in [6, 6.07) is 1.32. The van der Waals surface area contributed by atoms with Gasteiger partial charge in [0.1, 0.15) is 5.75 Å². The van der Waals surface area contributed by atoms with Crippen molar-refractivity contribution in [3.05, 3.63) is 24.0 Å². The van der Waals surface area contributed by atoms with Crippen molar-refractivity contribution in [1.29, 1.82) is 0 Å². The molecule has 1 amide bonds. The van der Waals surface area contributed by atoms with Crippen LogP contribution in [-0.4, -0.2) is 45.8 Å². The number of amides is 1. The fourth-order valence-electron chi connectivity index (χ4n) is 1.75. The number of hydrogen-bond acceptors (Lipinski definition) is 5. The molecule has 2 rings (SSSR count). The third kappa shape index (κ3) is 2.12. The van der Waals surface area contributed by atoms with E-state index in [0.29, 0.717) is 0 Å². The van der Waals surface area contributed by atoms with Gasteiger partial charge in [0.2, 0.25) is 0 Å². The molecule has 1 atom stereocenters. The molecule has 1 fully saturated rings. The highest BCUT2D eigenvalue weighted by molar-refractivity contribution is 5.99. The van der Waals surface area contributed by atoms with Gasteiger partial charge in [-0.15, -0.1) is 0 Å². The van der Waals surface area contributed by atoms with E-state index in [4.69, 9.17) is 9.84 Å². The molecule has 0 spiro atoms. The number of nitrogens with one attached hydrogen (secondary N) is 1. The monoisotopic (exact) mass is 252 g/mol. The second kappa shape index (κ2) is 4.61. The quantitative estimate of drug-likeness (QED) is 0.685. The van der Waals surface area contributed by atoms with Crippen molar-refractivity contribution in [2.45, 2.75) is 12.0 Å². The smallest absolute Gasteiger partial charge is 0.331 e. The van der Waals surface area contributed by atoms with Gasteiger partial charge in [-0.05, 0) is 6.07 Å². The van der Waals surface area contributed by atoms with Crippen molar-refractivity contribution in [3.8, 4) is 5.75 Å². The summed E-state index contributed by atoms with van der Waals surface area (Å²) in [6.07, 6.45) is 2.65. The third-order valence-corrected chi connectivity index (χ3v) is 2.83. The van der Waals surface area contributed by atoms with E-state index < -0.39 is 17.4 Å². The molecule has 96 valence electrons. The van der Waals surface area contributed by atoms with Crippen LogP contribution in [0.15, 0.2) is 18.5 Å². The summed E-state index contributed by atoms with van der Waals surface area (Å²) in [4.78, 5) is 26.8. The standard InChI is InChI=1S/C11H12N2O5/c14-8-5-12-3-1-7(8)9(15)13-11(10(16)17)2-4-18-6-11/h1,3,5,14H,2,4,6H2,(H,13,15)(H,16,17). The number of aromatic hydroxyl groups is 1. The minimum absolute atomic E-state index is 0.0162. The highest BCUT2D eigenvalue weighted by Crippen LogP contribution is 2.21. The number of carbonyl (C=O) groups is 2. The van der Waals surface area contributed by atoms with E-state index in [-0.39, 0.29) is 30.9 Å². The molecular formula is C11H12N2O5. The van der Waals surface area contributed by atoms with Gasteiger partial charge >= 0.3 is 5.97 Å². The van der Waals surface area contributed by atoms with E-state index in [1.165, 1.54) is 12.3 Å². The summed E-state index contributed by atoms with van der Waals surface area (Å²) >= 11 is 0. The number of hydrogen-bond donors (Lipinski definition) is 3. The first-order chi connectivity index (χ1) is 8.55. The molecule has 1 aliphatic heterocycles. The maximum absolute atomic E-state index is 11.9. The predicted octanol–water partition coefficient (Wildman–Crippen LogP) is -0.239. The summed E-state index contributed by atoms with van der Waals surface area (Å²) < 4.78 is 5.02. The molecule has 0 aliphatic carbocycles. The van der Waals surface area contributed by atoms with Crippen molar-refractivity contribution in [2.24, 2.45) is 0 Å². The number of ether oxygens (including phenoxy) is 1. The SMILES string of the molecule is O=C(NC1(C(=O)O)CCOC1)c1ccncc1O. The number of nitrogens with zero attached hydrogens (tertiary/aromatic N) is 1. The lowest BCUT2D eigenvalue weighted by atomic mass is 9.98. The highest BCUT2D eigenvalue weighted by Gasteiger charge is 2.44. The Morgan fingerprint density at radius 3 is 2.83 bits per heavy atom. The fourth-order valence-corrected chi connectivity index (χ4v) is 1.75. The van der Waals surface area contributed by atoms with Gasteiger partial charge in [-0.3, -0.25) is 9.78 Å². The van der Waals surface area contributed by atoms with Crippen molar-refractivity contribution < 1.29 is 24.5 Å². The number of rotatable bonds is 3. The normalized spacial score (nSPS) is 22.7. The molecule has 0 radical (unpaired) electrons. The van der Waals surface area contributed by atoms with Gasteiger partial charge in [0.05, 0.1) is 18.4 Å². The summed E-state index contributed by atoms with van der Waals surface area (Å²) in [6.45, 7) is 0.189. The lowest BCUT2D eigenvalue weighted by Crippen LogP contribution is -2.55. The Morgan fingerprint density at radius 1 is 1.50 bits per heavy atom. The number of aromatic nitrogens is 1. The lowest BCUT2D eigenvalue weighted by molar-refractivity contribution is -0.144. The molecule has 0 aromatic carbocycles. The molecule has 3 N–H and O–H groups in total. The number of pyridine rings is 1.